The Kier molecular flexibility index (Phi) is 3.01. The highest BCUT2D eigenvalue weighted by atomic mass is 16.2. The number of hydrogen-bond acceptors (Lipinski definition) is 2. The minimum atomic E-state index is -0.0442. The molecule has 1 fully saturated rings. The second-order valence-corrected chi connectivity index (χ2v) is 5.22. The van der Waals surface area contributed by atoms with E-state index >= 15 is 0 Å². The van der Waals surface area contributed by atoms with Gasteiger partial charge in [0.15, 0.2) is 0 Å². The molecule has 0 radical (unpaired) electrons. The molecule has 1 aromatic rings. The van der Waals surface area contributed by atoms with Crippen LogP contribution in [-0.4, -0.2) is 24.9 Å². The van der Waals surface area contributed by atoms with Crippen LogP contribution in [0.5, 0.6) is 0 Å². The maximum Gasteiger partial charge on any atom is 0.251 e. The average Bonchev–Trinajstić information content (AvgIpc) is 3.17. The van der Waals surface area contributed by atoms with Gasteiger partial charge in [0.2, 0.25) is 5.91 Å². The zero-order valence-electron chi connectivity index (χ0n) is 11.1. The number of rotatable bonds is 3. The van der Waals surface area contributed by atoms with E-state index < -0.39 is 0 Å². The van der Waals surface area contributed by atoms with Crippen molar-refractivity contribution in [3.8, 4) is 0 Å². The van der Waals surface area contributed by atoms with Crippen molar-refractivity contribution >= 4 is 17.5 Å². The van der Waals surface area contributed by atoms with E-state index in [9.17, 15) is 9.59 Å². The minimum absolute atomic E-state index is 0.0442. The van der Waals surface area contributed by atoms with Crippen LogP contribution in [0.2, 0.25) is 0 Å². The second kappa shape index (κ2) is 4.68. The van der Waals surface area contributed by atoms with Gasteiger partial charge in [-0.15, -0.1) is 0 Å². The standard InChI is InChI=1S/C15H18N2O2/c1-2-16-14(18)12-5-6-13-11(9-12)7-8-17(13)15(19)10-3-4-10/h5-6,9-10H,2-4,7-8H2,1H3,(H,16,18). The summed E-state index contributed by atoms with van der Waals surface area (Å²) in [5.41, 5.74) is 2.78. The lowest BCUT2D eigenvalue weighted by atomic mass is 10.1. The molecule has 0 saturated heterocycles. The van der Waals surface area contributed by atoms with E-state index in [0.29, 0.717) is 12.1 Å². The number of anilines is 1. The topological polar surface area (TPSA) is 49.4 Å². The van der Waals surface area contributed by atoms with Gasteiger partial charge in [-0.05, 0) is 49.9 Å². The molecule has 19 heavy (non-hydrogen) atoms. The van der Waals surface area contributed by atoms with E-state index in [2.05, 4.69) is 5.32 Å². The third-order valence-corrected chi connectivity index (χ3v) is 3.77. The van der Waals surface area contributed by atoms with Crippen LogP contribution in [-0.2, 0) is 11.2 Å². The van der Waals surface area contributed by atoms with Crippen molar-refractivity contribution in [1.82, 2.24) is 5.32 Å². The molecule has 0 unspecified atom stereocenters. The summed E-state index contributed by atoms with van der Waals surface area (Å²) in [4.78, 5) is 25.8. The van der Waals surface area contributed by atoms with Gasteiger partial charge in [0.25, 0.3) is 5.91 Å². The quantitative estimate of drug-likeness (QED) is 0.897. The molecule has 1 heterocycles. The van der Waals surface area contributed by atoms with Crippen LogP contribution < -0.4 is 10.2 Å². The molecular formula is C15H18N2O2. The lowest BCUT2D eigenvalue weighted by Crippen LogP contribution is -2.30. The van der Waals surface area contributed by atoms with E-state index in [4.69, 9.17) is 0 Å². The van der Waals surface area contributed by atoms with Crippen molar-refractivity contribution in [2.45, 2.75) is 26.2 Å². The fourth-order valence-electron chi connectivity index (χ4n) is 2.59. The molecule has 100 valence electrons. The van der Waals surface area contributed by atoms with E-state index in [1.807, 2.05) is 30.0 Å². The highest BCUT2D eigenvalue weighted by Gasteiger charge is 2.36. The van der Waals surface area contributed by atoms with Gasteiger partial charge in [0.05, 0.1) is 0 Å². The van der Waals surface area contributed by atoms with Crippen molar-refractivity contribution in [2.75, 3.05) is 18.0 Å². The minimum Gasteiger partial charge on any atom is -0.352 e. The van der Waals surface area contributed by atoms with E-state index in [-0.39, 0.29) is 17.7 Å². The summed E-state index contributed by atoms with van der Waals surface area (Å²) in [7, 11) is 0. The summed E-state index contributed by atoms with van der Waals surface area (Å²) in [6.07, 6.45) is 2.91. The molecule has 1 saturated carbocycles. The Labute approximate surface area is 112 Å². The van der Waals surface area contributed by atoms with Gasteiger partial charge in [0, 0.05) is 30.3 Å². The monoisotopic (exact) mass is 258 g/mol. The smallest absolute Gasteiger partial charge is 0.251 e. The molecule has 3 rings (SSSR count). The van der Waals surface area contributed by atoms with Gasteiger partial charge >= 0.3 is 0 Å². The number of hydrogen-bond donors (Lipinski definition) is 1. The first kappa shape index (κ1) is 12.2. The zero-order valence-corrected chi connectivity index (χ0v) is 11.1. The molecule has 1 aromatic carbocycles. The van der Waals surface area contributed by atoms with Gasteiger partial charge in [0.1, 0.15) is 0 Å². The summed E-state index contributed by atoms with van der Waals surface area (Å²) in [6, 6.07) is 5.63. The molecule has 4 heteroatoms. The van der Waals surface area contributed by atoms with Crippen LogP contribution in [0.15, 0.2) is 18.2 Å². The predicted molar refractivity (Wildman–Crippen MR) is 73.2 cm³/mol. The molecule has 2 amide bonds. The first-order valence-corrected chi connectivity index (χ1v) is 6.93. The van der Waals surface area contributed by atoms with Crippen molar-refractivity contribution in [2.24, 2.45) is 5.92 Å². The number of carbonyl (C=O) groups is 2. The molecular weight excluding hydrogens is 240 g/mol. The lowest BCUT2D eigenvalue weighted by Gasteiger charge is -2.17. The Morgan fingerprint density at radius 1 is 1.37 bits per heavy atom. The van der Waals surface area contributed by atoms with Crippen LogP contribution in [0, 0.1) is 5.92 Å². The Morgan fingerprint density at radius 2 is 2.16 bits per heavy atom. The Hall–Kier alpha value is -1.84. The van der Waals surface area contributed by atoms with Crippen LogP contribution in [0.25, 0.3) is 0 Å². The third kappa shape index (κ3) is 2.23. The third-order valence-electron chi connectivity index (χ3n) is 3.77. The summed E-state index contributed by atoms with van der Waals surface area (Å²) in [5, 5.41) is 2.80. The summed E-state index contributed by atoms with van der Waals surface area (Å²) in [6.45, 7) is 3.28. The number of nitrogens with one attached hydrogen (secondary N) is 1. The maximum absolute atomic E-state index is 12.1. The van der Waals surface area contributed by atoms with E-state index in [0.717, 1.165) is 37.1 Å². The van der Waals surface area contributed by atoms with E-state index in [1.54, 1.807) is 0 Å². The highest BCUT2D eigenvalue weighted by Crippen LogP contribution is 2.36. The summed E-state index contributed by atoms with van der Waals surface area (Å²) >= 11 is 0. The van der Waals surface area contributed by atoms with Gasteiger partial charge < -0.3 is 10.2 Å². The molecule has 0 spiro atoms. The Morgan fingerprint density at radius 3 is 2.84 bits per heavy atom. The number of nitrogens with zero attached hydrogens (tertiary/aromatic N) is 1. The molecule has 1 N–H and O–H groups in total. The normalized spacial score (nSPS) is 17.2. The first-order chi connectivity index (χ1) is 9.20. The van der Waals surface area contributed by atoms with Gasteiger partial charge in [-0.25, -0.2) is 0 Å². The van der Waals surface area contributed by atoms with Crippen LogP contribution in [0.1, 0.15) is 35.7 Å². The number of amides is 2. The zero-order chi connectivity index (χ0) is 13.4. The Bertz CT molecular complexity index is 535. The molecule has 1 aliphatic carbocycles. The molecule has 1 aliphatic heterocycles. The molecule has 0 atom stereocenters. The molecule has 0 bridgehead atoms. The number of carbonyl (C=O) groups excluding carboxylic acids is 2. The van der Waals surface area contributed by atoms with Crippen LogP contribution in [0.3, 0.4) is 0 Å². The maximum atomic E-state index is 12.1. The highest BCUT2D eigenvalue weighted by molar-refractivity contribution is 6.00. The first-order valence-electron chi connectivity index (χ1n) is 6.93. The predicted octanol–water partition coefficient (Wildman–Crippen LogP) is 1.74. The van der Waals surface area contributed by atoms with Gasteiger partial charge in [-0.2, -0.15) is 0 Å². The SMILES string of the molecule is CCNC(=O)c1ccc2c(c1)CCN2C(=O)C1CC1. The van der Waals surface area contributed by atoms with Gasteiger partial charge in [-0.3, -0.25) is 9.59 Å². The van der Waals surface area contributed by atoms with Crippen molar-refractivity contribution < 1.29 is 9.59 Å². The largest absolute Gasteiger partial charge is 0.352 e. The Balaban J connectivity index is 1.83. The van der Waals surface area contributed by atoms with Crippen molar-refractivity contribution in [3.05, 3.63) is 29.3 Å². The molecule has 4 nitrogen and oxygen atoms in total. The fraction of sp³-hybridized carbons (Fsp3) is 0.467. The summed E-state index contributed by atoms with van der Waals surface area (Å²) < 4.78 is 0. The van der Waals surface area contributed by atoms with Crippen LogP contribution >= 0.6 is 0 Å². The molecule has 2 aliphatic rings. The fourth-order valence-corrected chi connectivity index (χ4v) is 2.59. The number of fused-ring (bicyclic) bond motifs is 1. The second-order valence-electron chi connectivity index (χ2n) is 5.22. The van der Waals surface area contributed by atoms with Crippen LogP contribution in [0.4, 0.5) is 5.69 Å². The van der Waals surface area contributed by atoms with Crippen molar-refractivity contribution in [1.29, 1.82) is 0 Å². The summed E-state index contributed by atoms with van der Waals surface area (Å²) in [5.74, 6) is 0.454. The van der Waals surface area contributed by atoms with E-state index in [1.165, 1.54) is 0 Å². The average molecular weight is 258 g/mol. The molecule has 0 aromatic heterocycles. The lowest BCUT2D eigenvalue weighted by molar-refractivity contribution is -0.119. The number of benzene rings is 1. The van der Waals surface area contributed by atoms with Gasteiger partial charge in [-0.1, -0.05) is 0 Å². The van der Waals surface area contributed by atoms with Crippen molar-refractivity contribution in [3.63, 3.8) is 0 Å².